The Kier molecular flexibility index (Phi) is 8.59. The summed E-state index contributed by atoms with van der Waals surface area (Å²) in [5, 5.41) is 22.6. The molecule has 41 heavy (non-hydrogen) atoms. The van der Waals surface area contributed by atoms with Crippen LogP contribution in [0.25, 0.3) is 10.9 Å². The average molecular weight is 595 g/mol. The van der Waals surface area contributed by atoms with Crippen LogP contribution in [0.2, 0.25) is 0 Å². The fourth-order valence-electron chi connectivity index (χ4n) is 4.56. The van der Waals surface area contributed by atoms with Crippen molar-refractivity contribution < 1.29 is 35.9 Å². The second-order valence-electron chi connectivity index (χ2n) is 9.90. The summed E-state index contributed by atoms with van der Waals surface area (Å²) in [4.78, 5) is 13.2. The van der Waals surface area contributed by atoms with Crippen molar-refractivity contribution in [3.8, 4) is 0 Å². The summed E-state index contributed by atoms with van der Waals surface area (Å²) in [5.41, 5.74) is -0.339. The number of aliphatic hydroxyl groups excluding tert-OH is 1. The number of alkyl halides is 3. The molecule has 1 heterocycles. The van der Waals surface area contributed by atoms with Gasteiger partial charge in [-0.15, -0.1) is 0 Å². The number of benzene rings is 2. The van der Waals surface area contributed by atoms with E-state index < -0.39 is 46.1 Å². The lowest BCUT2D eigenvalue weighted by Gasteiger charge is -2.18. The molecule has 1 fully saturated rings. The molecule has 0 aliphatic heterocycles. The van der Waals surface area contributed by atoms with E-state index in [0.717, 1.165) is 12.8 Å². The van der Waals surface area contributed by atoms with Gasteiger partial charge < -0.3 is 25.7 Å². The van der Waals surface area contributed by atoms with Gasteiger partial charge in [-0.25, -0.2) is 12.8 Å². The molecule has 1 saturated carbocycles. The van der Waals surface area contributed by atoms with Gasteiger partial charge in [0.2, 0.25) is 0 Å². The maximum atomic E-state index is 15.2. The first-order chi connectivity index (χ1) is 19.2. The molecule has 0 saturated heterocycles. The molecule has 4 N–H and O–H groups in total. The van der Waals surface area contributed by atoms with Crippen molar-refractivity contribution in [2.24, 2.45) is 0 Å². The van der Waals surface area contributed by atoms with Crippen molar-refractivity contribution in [1.82, 2.24) is 15.2 Å². The van der Waals surface area contributed by atoms with Crippen LogP contribution < -0.4 is 10.6 Å². The van der Waals surface area contributed by atoms with Gasteiger partial charge in [0.05, 0.1) is 40.9 Å². The number of carbonyl (C=O) groups is 1. The van der Waals surface area contributed by atoms with Gasteiger partial charge in [0.25, 0.3) is 5.91 Å². The van der Waals surface area contributed by atoms with Crippen LogP contribution in [0.1, 0.15) is 60.4 Å². The van der Waals surface area contributed by atoms with Crippen LogP contribution in [-0.4, -0.2) is 48.2 Å². The fraction of sp³-hybridized carbons (Fsp3) is 0.357. The molecule has 2 aromatic carbocycles. The van der Waals surface area contributed by atoms with Crippen molar-refractivity contribution in [2.45, 2.75) is 56.4 Å². The molecule has 1 atom stereocenters. The SMILES string of the molecule is CCS(=O)(=O)c1ccc([C@H](CO)NC(=O)c2cc3cc(CN/C(=C\C(C)=N)C(F)(F)F)n(C4CC4)c3cc2F)cc1. The first kappa shape index (κ1) is 30.3. The standard InChI is InChI=1S/C28H30F4N4O4S/c1-3-41(39,40)21-8-4-17(5-9-21)24(15-37)35-27(38)22-12-18-11-20(14-34-26(10-16(2)33)28(30,31)32)36(19-6-7-19)25(18)13-23(22)29/h4-5,8-13,19,24,33-34,37H,3,6-7,14-15H2,1-2H3,(H,35,38)/b26-10-,33-16?/t24-/m0/s1. The van der Waals surface area contributed by atoms with E-state index >= 15 is 4.39 Å². The molecule has 1 amide bonds. The van der Waals surface area contributed by atoms with Crippen molar-refractivity contribution in [3.63, 3.8) is 0 Å². The van der Waals surface area contributed by atoms with E-state index in [1.54, 1.807) is 10.6 Å². The largest absolute Gasteiger partial charge is 0.430 e. The lowest BCUT2D eigenvalue weighted by atomic mass is 10.1. The minimum Gasteiger partial charge on any atom is -0.394 e. The van der Waals surface area contributed by atoms with E-state index in [9.17, 15) is 31.5 Å². The zero-order valence-corrected chi connectivity index (χ0v) is 23.2. The van der Waals surface area contributed by atoms with Gasteiger partial charge in [0.1, 0.15) is 11.5 Å². The first-order valence-electron chi connectivity index (χ1n) is 12.9. The number of carbonyl (C=O) groups excluding carboxylic acids is 1. The Bertz CT molecular complexity index is 1610. The van der Waals surface area contributed by atoms with E-state index in [-0.39, 0.29) is 34.5 Å². The third-order valence-corrected chi connectivity index (χ3v) is 8.55. The van der Waals surface area contributed by atoms with Gasteiger partial charge in [-0.05, 0) is 61.7 Å². The van der Waals surface area contributed by atoms with Crippen LogP contribution in [0.4, 0.5) is 17.6 Å². The minimum absolute atomic E-state index is 0.00979. The Balaban J connectivity index is 1.61. The second kappa shape index (κ2) is 11.6. The average Bonchev–Trinajstić information content (AvgIpc) is 3.69. The first-order valence-corrected chi connectivity index (χ1v) is 14.6. The van der Waals surface area contributed by atoms with Crippen LogP contribution in [0, 0.1) is 11.2 Å². The number of aromatic nitrogens is 1. The lowest BCUT2D eigenvalue weighted by molar-refractivity contribution is -0.0968. The third kappa shape index (κ3) is 6.79. The summed E-state index contributed by atoms with van der Waals surface area (Å²) < 4.78 is 81.4. The second-order valence-corrected chi connectivity index (χ2v) is 12.2. The van der Waals surface area contributed by atoms with E-state index in [1.807, 2.05) is 0 Å². The van der Waals surface area contributed by atoms with Gasteiger partial charge in [-0.1, -0.05) is 19.1 Å². The monoisotopic (exact) mass is 594 g/mol. The normalized spacial score (nSPS) is 15.1. The quantitative estimate of drug-likeness (QED) is 0.185. The summed E-state index contributed by atoms with van der Waals surface area (Å²) in [6.07, 6.45) is -2.44. The lowest BCUT2D eigenvalue weighted by Crippen LogP contribution is -2.31. The van der Waals surface area contributed by atoms with Crippen molar-refractivity contribution >= 4 is 32.4 Å². The van der Waals surface area contributed by atoms with E-state index in [2.05, 4.69) is 10.6 Å². The molecule has 13 heteroatoms. The summed E-state index contributed by atoms with van der Waals surface area (Å²) in [7, 11) is -3.44. The molecule has 1 aromatic heterocycles. The van der Waals surface area contributed by atoms with Crippen molar-refractivity contribution in [1.29, 1.82) is 5.41 Å². The number of fused-ring (bicyclic) bond motifs is 1. The predicted octanol–water partition coefficient (Wildman–Crippen LogP) is 4.95. The molecule has 0 unspecified atom stereocenters. The molecular weight excluding hydrogens is 564 g/mol. The van der Waals surface area contributed by atoms with E-state index in [1.165, 1.54) is 50.2 Å². The van der Waals surface area contributed by atoms with Gasteiger partial charge in [-0.3, -0.25) is 4.79 Å². The smallest absolute Gasteiger partial charge is 0.394 e. The number of nitrogens with one attached hydrogen (secondary N) is 3. The van der Waals surface area contributed by atoms with Crippen LogP contribution in [0.15, 0.2) is 59.1 Å². The Labute approximate surface area is 234 Å². The number of hydrogen-bond donors (Lipinski definition) is 4. The Morgan fingerprint density at radius 1 is 1.20 bits per heavy atom. The molecular formula is C28H30F4N4O4S. The molecule has 3 aromatic rings. The summed E-state index contributed by atoms with van der Waals surface area (Å²) >= 11 is 0. The topological polar surface area (TPSA) is 124 Å². The van der Waals surface area contributed by atoms with Gasteiger partial charge in [-0.2, -0.15) is 13.2 Å². The van der Waals surface area contributed by atoms with Gasteiger partial charge in [0, 0.05) is 22.8 Å². The molecule has 1 aliphatic carbocycles. The summed E-state index contributed by atoms with van der Waals surface area (Å²) in [6, 6.07) is 8.79. The highest BCUT2D eigenvalue weighted by molar-refractivity contribution is 7.91. The Morgan fingerprint density at radius 2 is 1.85 bits per heavy atom. The minimum atomic E-state index is -4.69. The fourth-order valence-corrected chi connectivity index (χ4v) is 5.45. The Morgan fingerprint density at radius 3 is 2.39 bits per heavy atom. The van der Waals surface area contributed by atoms with E-state index in [4.69, 9.17) is 5.41 Å². The highest BCUT2D eigenvalue weighted by atomic mass is 32.2. The molecule has 0 spiro atoms. The molecule has 4 rings (SSSR count). The zero-order chi connectivity index (χ0) is 30.1. The molecule has 0 bridgehead atoms. The van der Waals surface area contributed by atoms with Gasteiger partial charge in [0.15, 0.2) is 9.84 Å². The number of amides is 1. The number of rotatable bonds is 11. The summed E-state index contributed by atoms with van der Waals surface area (Å²) in [5.74, 6) is -1.75. The number of sulfone groups is 1. The number of halogens is 4. The van der Waals surface area contributed by atoms with Crippen LogP contribution >= 0.6 is 0 Å². The predicted molar refractivity (Wildman–Crippen MR) is 146 cm³/mol. The number of aliphatic hydroxyl groups is 1. The maximum absolute atomic E-state index is 15.2. The molecule has 8 nitrogen and oxygen atoms in total. The number of allylic oxidation sites excluding steroid dienone is 2. The zero-order valence-electron chi connectivity index (χ0n) is 22.3. The molecule has 220 valence electrons. The molecule has 1 aliphatic rings. The highest BCUT2D eigenvalue weighted by Crippen LogP contribution is 2.40. The van der Waals surface area contributed by atoms with Crippen molar-refractivity contribution in [3.05, 3.63) is 76.9 Å². The van der Waals surface area contributed by atoms with Gasteiger partial charge >= 0.3 is 6.18 Å². The number of nitrogens with zero attached hydrogens (tertiary/aromatic N) is 1. The van der Waals surface area contributed by atoms with Crippen LogP contribution in [0.5, 0.6) is 0 Å². The Hall–Kier alpha value is -3.71. The number of hydrogen-bond acceptors (Lipinski definition) is 6. The van der Waals surface area contributed by atoms with Crippen LogP contribution in [-0.2, 0) is 16.4 Å². The highest BCUT2D eigenvalue weighted by Gasteiger charge is 2.35. The van der Waals surface area contributed by atoms with Crippen molar-refractivity contribution in [2.75, 3.05) is 12.4 Å². The van der Waals surface area contributed by atoms with E-state index in [0.29, 0.717) is 28.2 Å². The summed E-state index contributed by atoms with van der Waals surface area (Å²) in [6.45, 7) is 1.98. The molecule has 0 radical (unpaired) electrons. The maximum Gasteiger partial charge on any atom is 0.430 e. The third-order valence-electron chi connectivity index (χ3n) is 6.80. The van der Waals surface area contributed by atoms with Crippen LogP contribution in [0.3, 0.4) is 0 Å².